The number of ether oxygens (including phenoxy) is 1. The van der Waals surface area contributed by atoms with Crippen LogP contribution in [0.4, 0.5) is 5.69 Å². The largest absolute Gasteiger partial charge is 0.497 e. The minimum atomic E-state index is 0.858. The average Bonchev–Trinajstić information content (AvgIpc) is 2.39. The fourth-order valence-corrected chi connectivity index (χ4v) is 1.73. The molecule has 0 spiro atoms. The first-order chi connectivity index (χ1) is 8.28. The summed E-state index contributed by atoms with van der Waals surface area (Å²) < 4.78 is 6.31. The molecule has 0 saturated carbocycles. The molecule has 0 unspecified atom stereocenters. The van der Waals surface area contributed by atoms with Crippen molar-refractivity contribution in [2.45, 2.75) is 0 Å². The van der Waals surface area contributed by atoms with Crippen LogP contribution < -0.4 is 4.74 Å². The van der Waals surface area contributed by atoms with E-state index in [1.54, 1.807) is 7.11 Å². The zero-order valence-corrected chi connectivity index (χ0v) is 11.6. The Hall–Kier alpha value is -1.36. The topological polar surface area (TPSA) is 21.6 Å². The Balaban J connectivity index is 2.11. The second-order valence-corrected chi connectivity index (χ2v) is 4.75. The van der Waals surface area contributed by atoms with Crippen LogP contribution in [0.1, 0.15) is 5.56 Å². The van der Waals surface area contributed by atoms with E-state index in [1.165, 1.54) is 3.57 Å². The lowest BCUT2D eigenvalue weighted by Crippen LogP contribution is -1.84. The van der Waals surface area contributed by atoms with Crippen molar-refractivity contribution in [3.63, 3.8) is 0 Å². The van der Waals surface area contributed by atoms with Crippen LogP contribution in [-0.4, -0.2) is 13.3 Å². The first kappa shape index (κ1) is 12.1. The molecule has 0 aliphatic rings. The summed E-state index contributed by atoms with van der Waals surface area (Å²) in [4.78, 5) is 4.40. The van der Waals surface area contributed by atoms with E-state index in [4.69, 9.17) is 4.74 Å². The lowest BCUT2D eigenvalue weighted by Gasteiger charge is -1.99. The molecule has 0 heterocycles. The Bertz CT molecular complexity index is 503. The predicted molar refractivity (Wildman–Crippen MR) is 79.4 cm³/mol. The zero-order chi connectivity index (χ0) is 12.1. The van der Waals surface area contributed by atoms with Gasteiger partial charge in [0, 0.05) is 9.78 Å². The van der Waals surface area contributed by atoms with Gasteiger partial charge in [0.05, 0.1) is 12.8 Å². The molecule has 0 radical (unpaired) electrons. The number of hydrogen-bond donors (Lipinski definition) is 0. The highest BCUT2D eigenvalue weighted by atomic mass is 127. The highest BCUT2D eigenvalue weighted by Crippen LogP contribution is 2.15. The molecule has 86 valence electrons. The van der Waals surface area contributed by atoms with E-state index in [-0.39, 0.29) is 0 Å². The predicted octanol–water partition coefficient (Wildman–Crippen LogP) is 4.05. The van der Waals surface area contributed by atoms with E-state index in [2.05, 4.69) is 27.6 Å². The quantitative estimate of drug-likeness (QED) is 0.612. The molecule has 0 fully saturated rings. The summed E-state index contributed by atoms with van der Waals surface area (Å²) in [5.41, 5.74) is 2.02. The summed E-state index contributed by atoms with van der Waals surface area (Å²) in [5.74, 6) is 0.858. The van der Waals surface area contributed by atoms with Crippen LogP contribution in [0.15, 0.2) is 53.5 Å². The normalized spacial score (nSPS) is 10.7. The van der Waals surface area contributed by atoms with Crippen LogP contribution in [-0.2, 0) is 0 Å². The molecule has 17 heavy (non-hydrogen) atoms. The Morgan fingerprint density at radius 1 is 1.00 bits per heavy atom. The summed E-state index contributed by atoms with van der Waals surface area (Å²) in [6.45, 7) is 0. The second kappa shape index (κ2) is 5.82. The minimum absolute atomic E-state index is 0.858. The van der Waals surface area contributed by atoms with Crippen molar-refractivity contribution in [1.29, 1.82) is 0 Å². The third-order valence-electron chi connectivity index (χ3n) is 2.31. The molecular formula is C14H12INO. The van der Waals surface area contributed by atoms with E-state index in [1.807, 2.05) is 54.7 Å². The number of benzene rings is 2. The van der Waals surface area contributed by atoms with Gasteiger partial charge < -0.3 is 4.74 Å². The maximum absolute atomic E-state index is 5.10. The molecule has 0 bridgehead atoms. The Labute approximate surface area is 114 Å². The average molecular weight is 337 g/mol. The van der Waals surface area contributed by atoms with Gasteiger partial charge in [-0.15, -0.1) is 0 Å². The third-order valence-corrected chi connectivity index (χ3v) is 3.02. The monoisotopic (exact) mass is 337 g/mol. The van der Waals surface area contributed by atoms with Crippen LogP contribution in [0.3, 0.4) is 0 Å². The van der Waals surface area contributed by atoms with Gasteiger partial charge in [-0.2, -0.15) is 0 Å². The summed E-state index contributed by atoms with van der Waals surface area (Å²) in [6.07, 6.45) is 1.85. The van der Waals surface area contributed by atoms with Crippen LogP contribution >= 0.6 is 22.6 Å². The summed E-state index contributed by atoms with van der Waals surface area (Å²) in [7, 11) is 1.66. The zero-order valence-electron chi connectivity index (χ0n) is 9.43. The molecule has 2 nitrogen and oxygen atoms in total. The van der Waals surface area contributed by atoms with Crippen molar-refractivity contribution in [2.24, 2.45) is 4.99 Å². The van der Waals surface area contributed by atoms with Gasteiger partial charge in [0.15, 0.2) is 0 Å². The van der Waals surface area contributed by atoms with Crippen molar-refractivity contribution in [3.8, 4) is 5.75 Å². The first-order valence-corrected chi connectivity index (χ1v) is 6.29. The van der Waals surface area contributed by atoms with Gasteiger partial charge in [0.2, 0.25) is 0 Å². The number of nitrogens with zero attached hydrogens (tertiary/aromatic N) is 1. The molecule has 0 N–H and O–H groups in total. The smallest absolute Gasteiger partial charge is 0.118 e. The lowest BCUT2D eigenvalue weighted by atomic mass is 10.2. The molecule has 0 aliphatic carbocycles. The molecule has 2 rings (SSSR count). The number of methoxy groups -OCH3 is 1. The van der Waals surface area contributed by atoms with Gasteiger partial charge in [-0.25, -0.2) is 0 Å². The van der Waals surface area contributed by atoms with E-state index >= 15 is 0 Å². The van der Waals surface area contributed by atoms with Crippen LogP contribution in [0.5, 0.6) is 5.75 Å². The van der Waals surface area contributed by atoms with Gasteiger partial charge in [-0.1, -0.05) is 0 Å². The highest BCUT2D eigenvalue weighted by Gasteiger charge is 1.92. The van der Waals surface area contributed by atoms with Crippen molar-refractivity contribution in [1.82, 2.24) is 0 Å². The highest BCUT2D eigenvalue weighted by molar-refractivity contribution is 14.1. The molecule has 0 saturated heterocycles. The van der Waals surface area contributed by atoms with Crippen LogP contribution in [0, 0.1) is 3.57 Å². The molecule has 2 aromatic carbocycles. The number of aliphatic imine (C=N–C) groups is 1. The molecule has 0 atom stereocenters. The van der Waals surface area contributed by atoms with Gasteiger partial charge >= 0.3 is 0 Å². The van der Waals surface area contributed by atoms with Gasteiger partial charge in [-0.05, 0) is 76.7 Å². The molecule has 3 heteroatoms. The Morgan fingerprint density at radius 2 is 1.65 bits per heavy atom. The fraction of sp³-hybridized carbons (Fsp3) is 0.0714. The standard InChI is InChI=1S/C14H12INO/c1-17-14-8-2-11(3-9-14)10-16-13-6-4-12(15)5-7-13/h2-10H,1H3/b16-10+. The second-order valence-electron chi connectivity index (χ2n) is 3.51. The van der Waals surface area contributed by atoms with Crippen LogP contribution in [0.25, 0.3) is 0 Å². The summed E-state index contributed by atoms with van der Waals surface area (Å²) in [6, 6.07) is 15.9. The first-order valence-electron chi connectivity index (χ1n) is 5.21. The van der Waals surface area contributed by atoms with E-state index in [9.17, 15) is 0 Å². The Kier molecular flexibility index (Phi) is 4.14. The van der Waals surface area contributed by atoms with Crippen molar-refractivity contribution >= 4 is 34.5 Å². The maximum atomic E-state index is 5.10. The number of rotatable bonds is 3. The van der Waals surface area contributed by atoms with E-state index in [0.717, 1.165) is 17.0 Å². The van der Waals surface area contributed by atoms with E-state index < -0.39 is 0 Å². The van der Waals surface area contributed by atoms with Crippen LogP contribution in [0.2, 0.25) is 0 Å². The van der Waals surface area contributed by atoms with Crippen molar-refractivity contribution in [2.75, 3.05) is 7.11 Å². The molecular weight excluding hydrogens is 325 g/mol. The molecule has 0 amide bonds. The maximum Gasteiger partial charge on any atom is 0.118 e. The summed E-state index contributed by atoms with van der Waals surface area (Å²) in [5, 5.41) is 0. The van der Waals surface area contributed by atoms with Crippen molar-refractivity contribution in [3.05, 3.63) is 57.7 Å². The van der Waals surface area contributed by atoms with Gasteiger partial charge in [0.25, 0.3) is 0 Å². The number of halogens is 1. The molecule has 0 aromatic heterocycles. The molecule has 2 aromatic rings. The van der Waals surface area contributed by atoms with E-state index in [0.29, 0.717) is 0 Å². The minimum Gasteiger partial charge on any atom is -0.497 e. The lowest BCUT2D eigenvalue weighted by molar-refractivity contribution is 0.415. The number of hydrogen-bond acceptors (Lipinski definition) is 2. The fourth-order valence-electron chi connectivity index (χ4n) is 1.37. The van der Waals surface area contributed by atoms with Crippen molar-refractivity contribution < 1.29 is 4.74 Å². The molecule has 0 aliphatic heterocycles. The van der Waals surface area contributed by atoms with Gasteiger partial charge in [0.1, 0.15) is 5.75 Å². The Morgan fingerprint density at radius 3 is 2.24 bits per heavy atom. The van der Waals surface area contributed by atoms with Gasteiger partial charge in [-0.3, -0.25) is 4.99 Å². The SMILES string of the molecule is COc1ccc(/C=N/c2ccc(I)cc2)cc1. The third kappa shape index (κ3) is 3.56. The summed E-state index contributed by atoms with van der Waals surface area (Å²) >= 11 is 2.28.